The molecule has 1 aliphatic heterocycles. The zero-order chi connectivity index (χ0) is 50.3. The number of rotatable bonds is 49. The smallest absolute Gasteiger partial charge is 0.397 e. The zero-order valence-electron chi connectivity index (χ0n) is 43.6. The Hall–Kier alpha value is -1.94. The first-order valence-corrected chi connectivity index (χ1v) is 29.3. The maximum Gasteiger partial charge on any atom is 0.397 e. The van der Waals surface area contributed by atoms with E-state index in [1.165, 1.54) is 148 Å². The van der Waals surface area contributed by atoms with Crippen molar-refractivity contribution in [3.63, 3.8) is 0 Å². The highest BCUT2D eigenvalue weighted by Gasteiger charge is 2.48. The van der Waals surface area contributed by atoms with E-state index in [1.807, 2.05) is 0 Å². The molecule has 0 spiro atoms. The van der Waals surface area contributed by atoms with Crippen LogP contribution in [0, 0.1) is 0 Å². The van der Waals surface area contributed by atoms with E-state index in [0.29, 0.717) is 13.0 Å². The lowest BCUT2D eigenvalue weighted by molar-refractivity contribution is -0.301. The van der Waals surface area contributed by atoms with Gasteiger partial charge in [-0.25, -0.2) is 4.18 Å². The number of esters is 1. The Morgan fingerprint density at radius 3 is 1.41 bits per heavy atom. The van der Waals surface area contributed by atoms with Crippen molar-refractivity contribution in [2.24, 2.45) is 0 Å². The van der Waals surface area contributed by atoms with E-state index >= 15 is 0 Å². The molecule has 0 radical (unpaired) electrons. The molecule has 69 heavy (non-hydrogen) atoms. The van der Waals surface area contributed by atoms with Gasteiger partial charge in [-0.2, -0.15) is 8.42 Å². The van der Waals surface area contributed by atoms with E-state index in [-0.39, 0.29) is 19.6 Å². The van der Waals surface area contributed by atoms with Gasteiger partial charge in [-0.3, -0.25) is 9.35 Å². The molecule has 0 aliphatic carbocycles. The van der Waals surface area contributed by atoms with Gasteiger partial charge in [0.25, 0.3) is 0 Å². The van der Waals surface area contributed by atoms with E-state index in [9.17, 15) is 33.1 Å². The molecule has 12 nitrogen and oxygen atoms in total. The molecule has 1 saturated heterocycles. The molecule has 1 fully saturated rings. The molecule has 404 valence electrons. The van der Waals surface area contributed by atoms with E-state index in [1.54, 1.807) is 0 Å². The number of allylic oxidation sites excluding steroid dienone is 8. The predicted molar refractivity (Wildman–Crippen MR) is 280 cm³/mol. The van der Waals surface area contributed by atoms with E-state index in [2.05, 4.69) is 66.6 Å². The lowest BCUT2D eigenvalue weighted by atomic mass is 9.99. The number of carbonyl (C=O) groups excluding carboxylic acids is 1. The summed E-state index contributed by atoms with van der Waals surface area (Å²) in [6, 6.07) is 0. The molecule has 1 rings (SSSR count). The van der Waals surface area contributed by atoms with Crippen molar-refractivity contribution in [1.29, 1.82) is 0 Å². The Labute approximate surface area is 421 Å². The summed E-state index contributed by atoms with van der Waals surface area (Å²) >= 11 is 0. The monoisotopic (exact) mass is 999 g/mol. The van der Waals surface area contributed by atoms with Crippen LogP contribution in [0.3, 0.4) is 0 Å². The van der Waals surface area contributed by atoms with Crippen LogP contribution in [0.5, 0.6) is 0 Å². The minimum atomic E-state index is -5.07. The molecule has 0 aromatic heterocycles. The van der Waals surface area contributed by atoms with E-state index in [0.717, 1.165) is 64.2 Å². The lowest BCUT2D eigenvalue weighted by Gasteiger charge is -2.41. The minimum absolute atomic E-state index is 0.0305. The molecule has 0 bridgehead atoms. The summed E-state index contributed by atoms with van der Waals surface area (Å²) < 4.78 is 59.4. The van der Waals surface area contributed by atoms with Gasteiger partial charge in [0.15, 0.2) is 6.29 Å². The van der Waals surface area contributed by atoms with Gasteiger partial charge in [0.1, 0.15) is 30.5 Å². The van der Waals surface area contributed by atoms with E-state index < -0.39 is 59.8 Å². The number of aliphatic hydroxyl groups is 3. The van der Waals surface area contributed by atoms with Crippen LogP contribution in [0.1, 0.15) is 239 Å². The summed E-state index contributed by atoms with van der Waals surface area (Å²) in [5.74, 6) is -0.404. The average Bonchev–Trinajstić information content (AvgIpc) is 3.32. The maximum absolute atomic E-state index is 12.9. The fourth-order valence-corrected chi connectivity index (χ4v) is 8.95. The maximum atomic E-state index is 12.9. The van der Waals surface area contributed by atoms with Gasteiger partial charge >= 0.3 is 16.4 Å². The van der Waals surface area contributed by atoms with Crippen molar-refractivity contribution in [3.8, 4) is 0 Å². The molecule has 0 aromatic rings. The number of unbranched alkanes of at least 4 members (excludes halogenated alkanes) is 28. The number of hydrogen-bond acceptors (Lipinski definition) is 11. The van der Waals surface area contributed by atoms with Gasteiger partial charge in [-0.1, -0.05) is 204 Å². The largest absolute Gasteiger partial charge is 0.457 e. The second kappa shape index (κ2) is 47.1. The summed E-state index contributed by atoms with van der Waals surface area (Å²) in [4.78, 5) is 12.9. The summed E-state index contributed by atoms with van der Waals surface area (Å²) in [7, 11) is -5.07. The van der Waals surface area contributed by atoms with Crippen molar-refractivity contribution in [1.82, 2.24) is 0 Å². The van der Waals surface area contributed by atoms with Gasteiger partial charge in [0, 0.05) is 13.0 Å². The molecule has 0 amide bonds. The fraction of sp³-hybridized carbons (Fsp3) is 0.839. The first-order chi connectivity index (χ1) is 33.6. The number of ether oxygens (including phenoxy) is 4. The predicted octanol–water partition coefficient (Wildman–Crippen LogP) is 13.5. The third-order valence-corrected chi connectivity index (χ3v) is 13.1. The molecular formula is C56H102O12S. The highest BCUT2D eigenvalue weighted by atomic mass is 32.3. The molecule has 4 N–H and O–H groups in total. The van der Waals surface area contributed by atoms with Gasteiger partial charge in [0.2, 0.25) is 0 Å². The van der Waals surface area contributed by atoms with Crippen LogP contribution in [0.4, 0.5) is 0 Å². The minimum Gasteiger partial charge on any atom is -0.457 e. The third kappa shape index (κ3) is 40.3. The van der Waals surface area contributed by atoms with Crippen LogP contribution >= 0.6 is 0 Å². The van der Waals surface area contributed by atoms with Gasteiger partial charge < -0.3 is 34.3 Å². The average molecular weight is 999 g/mol. The molecule has 0 saturated carbocycles. The summed E-state index contributed by atoms with van der Waals surface area (Å²) in [5.41, 5.74) is 0. The first-order valence-electron chi connectivity index (χ1n) is 27.9. The highest BCUT2D eigenvalue weighted by Crippen LogP contribution is 2.26. The Bertz CT molecular complexity index is 1380. The fourth-order valence-electron chi connectivity index (χ4n) is 8.44. The van der Waals surface area contributed by atoms with Crippen LogP contribution in [-0.2, 0) is 38.3 Å². The van der Waals surface area contributed by atoms with Crippen LogP contribution in [0.25, 0.3) is 0 Å². The molecule has 13 heteroatoms. The van der Waals surface area contributed by atoms with Gasteiger partial charge in [0.05, 0.1) is 19.8 Å². The third-order valence-electron chi connectivity index (χ3n) is 12.7. The zero-order valence-corrected chi connectivity index (χ0v) is 44.4. The molecule has 6 atom stereocenters. The van der Waals surface area contributed by atoms with Crippen molar-refractivity contribution in [2.45, 2.75) is 275 Å². The Morgan fingerprint density at radius 2 is 0.957 bits per heavy atom. The highest BCUT2D eigenvalue weighted by molar-refractivity contribution is 7.80. The molecule has 6 unspecified atom stereocenters. The quantitative estimate of drug-likeness (QED) is 0.0196. The molecule has 1 heterocycles. The van der Waals surface area contributed by atoms with Crippen LogP contribution in [0.2, 0.25) is 0 Å². The number of carbonyl (C=O) groups is 1. The van der Waals surface area contributed by atoms with Crippen molar-refractivity contribution in [3.05, 3.63) is 48.6 Å². The second-order valence-corrected chi connectivity index (χ2v) is 20.2. The Morgan fingerprint density at radius 1 is 0.551 bits per heavy atom. The number of aliphatic hydroxyl groups excluding tert-OH is 3. The van der Waals surface area contributed by atoms with Gasteiger partial charge in [-0.15, -0.1) is 0 Å². The Balaban J connectivity index is 2.32. The molecule has 1 aliphatic rings. The molecule has 0 aromatic carbocycles. The summed E-state index contributed by atoms with van der Waals surface area (Å²) in [5, 5.41) is 30.8. The van der Waals surface area contributed by atoms with E-state index in [4.69, 9.17) is 18.9 Å². The topological polar surface area (TPSA) is 178 Å². The van der Waals surface area contributed by atoms with Crippen molar-refractivity contribution < 1.29 is 56.2 Å². The lowest BCUT2D eigenvalue weighted by Crippen LogP contribution is -2.60. The van der Waals surface area contributed by atoms with Crippen LogP contribution in [0.15, 0.2) is 48.6 Å². The normalized spacial score (nSPS) is 19.5. The van der Waals surface area contributed by atoms with Crippen molar-refractivity contribution in [2.75, 3.05) is 26.4 Å². The Kier molecular flexibility index (Phi) is 44.4. The summed E-state index contributed by atoms with van der Waals surface area (Å²) in [6.45, 7) is 3.99. The SMILES string of the molecule is CCCCCCC/C=C\C/C=C\C/C=C\CCCCCCCCCCCOCC(COC1OC(CO)C(O)C(OS(=O)(=O)O)C1O)OC(=O)CCCCCCCCC/C=C\CCCCCCCCC. The van der Waals surface area contributed by atoms with Gasteiger partial charge in [-0.05, 0) is 77.0 Å². The van der Waals surface area contributed by atoms with Crippen LogP contribution < -0.4 is 0 Å². The second-order valence-electron chi connectivity index (χ2n) is 19.2. The van der Waals surface area contributed by atoms with Crippen LogP contribution in [-0.4, -0.2) is 97.5 Å². The first kappa shape index (κ1) is 65.1. The molecular weight excluding hydrogens is 897 g/mol. The van der Waals surface area contributed by atoms with Crippen molar-refractivity contribution >= 4 is 16.4 Å². The summed E-state index contributed by atoms with van der Waals surface area (Å²) in [6.07, 6.45) is 50.0. The number of hydrogen-bond donors (Lipinski definition) is 4. The standard InChI is InChI=1S/C56H102O12S/c1-3-5-7-9-11-13-15-17-19-21-23-24-25-26-27-28-30-32-34-36-38-40-42-44-46-64-48-50(49-65-56-54(60)55(68-69(61,62)63)53(59)51(47-57)67-56)66-52(58)45-43-41-39-37-35-33-31-29-22-20-18-16-14-12-10-8-6-4-2/h15,17,20-23,25-26,50-51,53-57,59-60H,3-14,16,18-19,24,27-49H2,1-2H3,(H,61,62,63)/b17-15-,22-20-,23-21-,26-25-.